The standard InChI is InChI=1S/C23H19NO5S/c25-21(24-13-17-9-6-12-30-17)15-28-23(26)22-19(14-27-16-7-2-1-3-8-16)18-10-4-5-11-20(18)29-22/h1-12H,13-15H2,(H,24,25). The molecule has 152 valence electrons. The number of nitrogens with one attached hydrogen (secondary N) is 1. The van der Waals surface area contributed by atoms with Crippen molar-refractivity contribution in [2.24, 2.45) is 0 Å². The molecular formula is C23H19NO5S. The van der Waals surface area contributed by atoms with Gasteiger partial charge in [0, 0.05) is 10.3 Å². The van der Waals surface area contributed by atoms with Crippen molar-refractivity contribution in [3.63, 3.8) is 0 Å². The van der Waals surface area contributed by atoms with Gasteiger partial charge in [-0.3, -0.25) is 4.79 Å². The van der Waals surface area contributed by atoms with Crippen LogP contribution in [0, 0.1) is 0 Å². The molecule has 0 aliphatic heterocycles. The first-order chi connectivity index (χ1) is 14.7. The fraction of sp³-hybridized carbons (Fsp3) is 0.130. The summed E-state index contributed by atoms with van der Waals surface area (Å²) < 4.78 is 16.7. The molecule has 0 fully saturated rings. The highest BCUT2D eigenvalue weighted by Gasteiger charge is 2.23. The zero-order chi connectivity index (χ0) is 20.8. The minimum atomic E-state index is -0.705. The minimum absolute atomic E-state index is 0.0400. The van der Waals surface area contributed by atoms with E-state index in [1.807, 2.05) is 66.0 Å². The lowest BCUT2D eigenvalue weighted by atomic mass is 10.1. The van der Waals surface area contributed by atoms with Crippen LogP contribution in [-0.2, 0) is 22.7 Å². The number of benzene rings is 2. The van der Waals surface area contributed by atoms with Crippen LogP contribution in [0.2, 0.25) is 0 Å². The van der Waals surface area contributed by atoms with Gasteiger partial charge in [0.1, 0.15) is 17.9 Å². The number of ether oxygens (including phenoxy) is 2. The summed E-state index contributed by atoms with van der Waals surface area (Å²) in [4.78, 5) is 25.7. The first-order valence-electron chi connectivity index (χ1n) is 9.35. The lowest BCUT2D eigenvalue weighted by Crippen LogP contribution is -2.28. The van der Waals surface area contributed by atoms with Gasteiger partial charge in [0.15, 0.2) is 6.61 Å². The van der Waals surface area contributed by atoms with E-state index in [2.05, 4.69) is 5.32 Å². The Morgan fingerprint density at radius 2 is 1.77 bits per heavy atom. The number of hydrogen-bond acceptors (Lipinski definition) is 6. The fourth-order valence-corrected chi connectivity index (χ4v) is 3.57. The van der Waals surface area contributed by atoms with Gasteiger partial charge in [-0.25, -0.2) is 4.79 Å². The maximum Gasteiger partial charge on any atom is 0.375 e. The summed E-state index contributed by atoms with van der Waals surface area (Å²) in [6.07, 6.45) is 0. The molecule has 2 aromatic heterocycles. The van der Waals surface area contributed by atoms with E-state index in [0.717, 1.165) is 10.3 Å². The summed E-state index contributed by atoms with van der Waals surface area (Å²) in [5.41, 5.74) is 1.14. The highest BCUT2D eigenvalue weighted by atomic mass is 32.1. The largest absolute Gasteiger partial charge is 0.489 e. The van der Waals surface area contributed by atoms with Crippen LogP contribution in [0.3, 0.4) is 0 Å². The van der Waals surface area contributed by atoms with Gasteiger partial charge >= 0.3 is 5.97 Å². The van der Waals surface area contributed by atoms with Crippen molar-refractivity contribution in [2.75, 3.05) is 6.61 Å². The molecule has 0 saturated heterocycles. The van der Waals surface area contributed by atoms with Gasteiger partial charge in [0.25, 0.3) is 5.91 Å². The predicted octanol–water partition coefficient (Wildman–Crippen LogP) is 4.55. The summed E-state index contributed by atoms with van der Waals surface area (Å²) in [6.45, 7) is 0.144. The molecule has 0 atom stereocenters. The molecule has 0 unspecified atom stereocenters. The van der Waals surface area contributed by atoms with Crippen molar-refractivity contribution in [3.05, 3.63) is 88.3 Å². The Hall–Kier alpha value is -3.58. The van der Waals surface area contributed by atoms with Crippen LogP contribution in [-0.4, -0.2) is 18.5 Å². The summed E-state index contributed by atoms with van der Waals surface area (Å²) in [6, 6.07) is 20.4. The number of rotatable bonds is 8. The maximum atomic E-state index is 12.6. The molecule has 0 spiro atoms. The van der Waals surface area contributed by atoms with Crippen LogP contribution in [0.5, 0.6) is 5.75 Å². The molecular weight excluding hydrogens is 402 g/mol. The molecule has 0 saturated carbocycles. The van der Waals surface area contributed by atoms with Gasteiger partial charge in [-0.1, -0.05) is 42.5 Å². The van der Waals surface area contributed by atoms with E-state index in [-0.39, 0.29) is 24.9 Å². The van der Waals surface area contributed by atoms with E-state index < -0.39 is 5.97 Å². The highest BCUT2D eigenvalue weighted by Crippen LogP contribution is 2.28. The number of hydrogen-bond donors (Lipinski definition) is 1. The average molecular weight is 421 g/mol. The molecule has 7 heteroatoms. The third-order valence-corrected chi connectivity index (χ3v) is 5.26. The number of fused-ring (bicyclic) bond motifs is 1. The van der Waals surface area contributed by atoms with E-state index in [0.29, 0.717) is 23.4 Å². The molecule has 1 amide bonds. The molecule has 1 N–H and O–H groups in total. The Balaban J connectivity index is 1.44. The van der Waals surface area contributed by atoms with Crippen molar-refractivity contribution in [3.8, 4) is 5.75 Å². The molecule has 4 aromatic rings. The summed E-state index contributed by atoms with van der Waals surface area (Å²) in [7, 11) is 0. The van der Waals surface area contributed by atoms with E-state index in [1.165, 1.54) is 0 Å². The SMILES string of the molecule is O=C(COC(=O)c1oc2ccccc2c1COc1ccccc1)NCc1cccs1. The molecule has 30 heavy (non-hydrogen) atoms. The van der Waals surface area contributed by atoms with Crippen LogP contribution < -0.4 is 10.1 Å². The number of esters is 1. The Bertz CT molecular complexity index is 1140. The van der Waals surface area contributed by atoms with Crippen LogP contribution >= 0.6 is 11.3 Å². The summed E-state index contributed by atoms with van der Waals surface area (Å²) >= 11 is 1.54. The van der Waals surface area contributed by atoms with Crippen LogP contribution in [0.15, 0.2) is 76.5 Å². The predicted molar refractivity (Wildman–Crippen MR) is 113 cm³/mol. The molecule has 0 aliphatic rings. The summed E-state index contributed by atoms with van der Waals surface area (Å²) in [5.74, 6) is -0.368. The van der Waals surface area contributed by atoms with E-state index >= 15 is 0 Å². The molecule has 0 aliphatic carbocycles. The number of carbonyl (C=O) groups excluding carboxylic acids is 2. The van der Waals surface area contributed by atoms with Crippen molar-refractivity contribution in [1.29, 1.82) is 0 Å². The quantitative estimate of drug-likeness (QED) is 0.423. The lowest BCUT2D eigenvalue weighted by molar-refractivity contribution is -0.124. The van der Waals surface area contributed by atoms with Crippen molar-refractivity contribution in [2.45, 2.75) is 13.2 Å². The van der Waals surface area contributed by atoms with Crippen molar-refractivity contribution >= 4 is 34.2 Å². The third kappa shape index (κ3) is 4.69. The monoisotopic (exact) mass is 421 g/mol. The van der Waals surface area contributed by atoms with Crippen LogP contribution in [0.25, 0.3) is 11.0 Å². The van der Waals surface area contributed by atoms with Crippen LogP contribution in [0.1, 0.15) is 21.0 Å². The molecule has 6 nitrogen and oxygen atoms in total. The fourth-order valence-electron chi connectivity index (χ4n) is 2.93. The first kappa shape index (κ1) is 19.7. The van der Waals surface area contributed by atoms with E-state index in [9.17, 15) is 9.59 Å². The van der Waals surface area contributed by atoms with E-state index in [1.54, 1.807) is 17.4 Å². The van der Waals surface area contributed by atoms with Gasteiger partial charge in [-0.15, -0.1) is 11.3 Å². The number of para-hydroxylation sites is 2. The van der Waals surface area contributed by atoms with Gasteiger partial charge < -0.3 is 19.2 Å². The molecule has 0 radical (unpaired) electrons. The van der Waals surface area contributed by atoms with Crippen molar-refractivity contribution in [1.82, 2.24) is 5.32 Å². The van der Waals surface area contributed by atoms with Gasteiger partial charge in [0.05, 0.1) is 12.1 Å². The zero-order valence-electron chi connectivity index (χ0n) is 16.0. The Morgan fingerprint density at radius 3 is 2.57 bits per heavy atom. The Kier molecular flexibility index (Phi) is 6.10. The average Bonchev–Trinajstić information content (AvgIpc) is 3.43. The Labute approximate surface area is 177 Å². The topological polar surface area (TPSA) is 77.8 Å². The van der Waals surface area contributed by atoms with Gasteiger partial charge in [0.2, 0.25) is 5.76 Å². The van der Waals surface area contributed by atoms with Gasteiger partial charge in [-0.2, -0.15) is 0 Å². The number of thiophene rings is 1. The van der Waals surface area contributed by atoms with Gasteiger partial charge in [-0.05, 0) is 29.6 Å². The maximum absolute atomic E-state index is 12.6. The van der Waals surface area contributed by atoms with Crippen LogP contribution in [0.4, 0.5) is 0 Å². The summed E-state index contributed by atoms with van der Waals surface area (Å²) in [5, 5.41) is 5.42. The molecule has 2 aromatic carbocycles. The highest BCUT2D eigenvalue weighted by molar-refractivity contribution is 7.09. The second-order valence-corrected chi connectivity index (χ2v) is 7.47. The lowest BCUT2D eigenvalue weighted by Gasteiger charge is -2.08. The third-order valence-electron chi connectivity index (χ3n) is 4.38. The smallest absolute Gasteiger partial charge is 0.375 e. The minimum Gasteiger partial charge on any atom is -0.489 e. The first-order valence-corrected chi connectivity index (χ1v) is 10.2. The normalized spacial score (nSPS) is 10.7. The number of furan rings is 1. The zero-order valence-corrected chi connectivity index (χ0v) is 16.8. The van der Waals surface area contributed by atoms with E-state index in [4.69, 9.17) is 13.9 Å². The number of amides is 1. The number of carbonyl (C=O) groups is 2. The second-order valence-electron chi connectivity index (χ2n) is 6.44. The molecule has 4 rings (SSSR count). The second kappa shape index (κ2) is 9.28. The van der Waals surface area contributed by atoms with Crippen molar-refractivity contribution < 1.29 is 23.5 Å². The molecule has 2 heterocycles. The molecule has 0 bridgehead atoms. The Morgan fingerprint density at radius 1 is 0.967 bits per heavy atom.